The van der Waals surface area contributed by atoms with Gasteiger partial charge >= 0.3 is 12.0 Å². The van der Waals surface area contributed by atoms with Gasteiger partial charge in [0.25, 0.3) is 0 Å². The van der Waals surface area contributed by atoms with Crippen LogP contribution < -0.4 is 9.47 Å². The molecule has 0 N–H and O–H groups in total. The molecule has 0 bridgehead atoms. The van der Waals surface area contributed by atoms with Gasteiger partial charge in [0.05, 0.1) is 24.2 Å². The number of ether oxygens (including phenoxy) is 2. The van der Waals surface area contributed by atoms with Crippen LogP contribution in [0.5, 0.6) is 11.5 Å². The Morgan fingerprint density at radius 2 is 1.89 bits per heavy atom. The number of amides is 2. The molecular weight excluding hydrogens is 346 g/mol. The van der Waals surface area contributed by atoms with Crippen molar-refractivity contribution in [2.75, 3.05) is 32.8 Å². The van der Waals surface area contributed by atoms with Gasteiger partial charge in [0.2, 0.25) is 0 Å². The second-order valence-electron chi connectivity index (χ2n) is 6.89. The summed E-state index contributed by atoms with van der Waals surface area (Å²) in [5.41, 5.74) is 0.443. The molecule has 0 aromatic heterocycles. The highest BCUT2D eigenvalue weighted by Crippen LogP contribution is 2.30. The number of urea groups is 1. The van der Waals surface area contributed by atoms with E-state index >= 15 is 0 Å². The van der Waals surface area contributed by atoms with E-state index in [1.54, 1.807) is 23.1 Å². The molecule has 7 heteroatoms. The molecule has 0 saturated carbocycles. The predicted molar refractivity (Wildman–Crippen MR) is 98.5 cm³/mol. The molecule has 2 aliphatic heterocycles. The van der Waals surface area contributed by atoms with Crippen LogP contribution in [0, 0.1) is 17.2 Å². The predicted octanol–water partition coefficient (Wildman–Crippen LogP) is 2.79. The third kappa shape index (κ3) is 4.51. The Morgan fingerprint density at radius 3 is 2.59 bits per heavy atom. The Bertz CT molecular complexity index is 737. The maximum atomic E-state index is 12.7. The van der Waals surface area contributed by atoms with E-state index < -0.39 is 0 Å². The van der Waals surface area contributed by atoms with E-state index in [1.165, 1.54) is 0 Å². The zero-order chi connectivity index (χ0) is 19.2. The Labute approximate surface area is 159 Å². The van der Waals surface area contributed by atoms with Gasteiger partial charge in [0, 0.05) is 32.2 Å². The molecule has 2 aliphatic rings. The van der Waals surface area contributed by atoms with E-state index in [9.17, 15) is 9.59 Å². The first-order valence-corrected chi connectivity index (χ1v) is 9.55. The molecule has 144 valence electrons. The molecule has 1 aromatic carbocycles. The summed E-state index contributed by atoms with van der Waals surface area (Å²) in [6, 6.07) is 6.81. The number of esters is 1. The molecule has 7 nitrogen and oxygen atoms in total. The summed E-state index contributed by atoms with van der Waals surface area (Å²) in [5, 5.41) is 9.02. The van der Waals surface area contributed by atoms with E-state index in [1.807, 2.05) is 17.9 Å². The summed E-state index contributed by atoms with van der Waals surface area (Å²) in [7, 11) is 0. The molecule has 2 amide bonds. The van der Waals surface area contributed by atoms with Crippen molar-refractivity contribution < 1.29 is 19.1 Å². The fourth-order valence-electron chi connectivity index (χ4n) is 3.57. The Balaban J connectivity index is 1.65. The SMILES string of the molecule is CCOc1cc(C#N)ccc1OC(=O)C1CCCN(C(=O)N2CCCC2)C1. The molecule has 0 aliphatic carbocycles. The highest BCUT2D eigenvalue weighted by Gasteiger charge is 2.32. The number of carbonyl (C=O) groups excluding carboxylic acids is 2. The van der Waals surface area contributed by atoms with Gasteiger partial charge in [-0.25, -0.2) is 4.79 Å². The Hall–Kier alpha value is -2.75. The minimum Gasteiger partial charge on any atom is -0.490 e. The summed E-state index contributed by atoms with van der Waals surface area (Å²) < 4.78 is 11.1. The van der Waals surface area contributed by atoms with Gasteiger partial charge in [-0.05, 0) is 44.7 Å². The Morgan fingerprint density at radius 1 is 1.15 bits per heavy atom. The van der Waals surface area contributed by atoms with Crippen LogP contribution in [-0.2, 0) is 4.79 Å². The molecule has 0 radical (unpaired) electrons. The lowest BCUT2D eigenvalue weighted by molar-refractivity contribution is -0.140. The van der Waals surface area contributed by atoms with Gasteiger partial charge in [0.15, 0.2) is 11.5 Å². The summed E-state index contributed by atoms with van der Waals surface area (Å²) in [5.74, 6) is -0.0236. The monoisotopic (exact) mass is 371 g/mol. The molecule has 1 atom stereocenters. The lowest BCUT2D eigenvalue weighted by Crippen LogP contribution is -2.48. The number of benzene rings is 1. The largest absolute Gasteiger partial charge is 0.490 e. The van der Waals surface area contributed by atoms with Crippen molar-refractivity contribution in [2.45, 2.75) is 32.6 Å². The van der Waals surface area contributed by atoms with E-state index in [2.05, 4.69) is 0 Å². The summed E-state index contributed by atoms with van der Waals surface area (Å²) in [4.78, 5) is 28.9. The van der Waals surface area contributed by atoms with E-state index in [0.29, 0.717) is 43.2 Å². The molecule has 2 saturated heterocycles. The number of nitriles is 1. The summed E-state index contributed by atoms with van der Waals surface area (Å²) >= 11 is 0. The number of hydrogen-bond acceptors (Lipinski definition) is 5. The van der Waals surface area contributed by atoms with Crippen molar-refractivity contribution in [1.29, 1.82) is 5.26 Å². The maximum absolute atomic E-state index is 12.7. The minimum absolute atomic E-state index is 0.0263. The fourth-order valence-corrected chi connectivity index (χ4v) is 3.57. The number of likely N-dealkylation sites (tertiary alicyclic amines) is 2. The fraction of sp³-hybridized carbons (Fsp3) is 0.550. The number of nitrogens with zero attached hydrogens (tertiary/aromatic N) is 3. The first-order chi connectivity index (χ1) is 13.1. The highest BCUT2D eigenvalue weighted by molar-refractivity contribution is 5.79. The van der Waals surface area contributed by atoms with Gasteiger partial charge in [-0.1, -0.05) is 0 Å². The molecule has 3 rings (SSSR count). The number of piperidine rings is 1. The number of hydrogen-bond donors (Lipinski definition) is 0. The Kier molecular flexibility index (Phi) is 6.17. The molecule has 1 aromatic rings. The average molecular weight is 371 g/mol. The van der Waals surface area contributed by atoms with Crippen LogP contribution in [0.1, 0.15) is 38.2 Å². The van der Waals surface area contributed by atoms with Gasteiger partial charge in [-0.2, -0.15) is 5.26 Å². The van der Waals surface area contributed by atoms with Crippen LogP contribution in [0.3, 0.4) is 0 Å². The van der Waals surface area contributed by atoms with Crippen molar-refractivity contribution in [3.63, 3.8) is 0 Å². The van der Waals surface area contributed by atoms with Crippen LogP contribution in [0.4, 0.5) is 4.79 Å². The standard InChI is InChI=1S/C20H25N3O4/c1-2-26-18-12-15(13-21)7-8-17(18)27-19(24)16-6-5-11-23(14-16)20(25)22-9-3-4-10-22/h7-8,12,16H,2-6,9-11,14H2,1H3. The van der Waals surface area contributed by atoms with Crippen LogP contribution in [0.15, 0.2) is 18.2 Å². The number of rotatable bonds is 4. The van der Waals surface area contributed by atoms with E-state index in [0.717, 1.165) is 32.4 Å². The zero-order valence-electron chi connectivity index (χ0n) is 15.6. The van der Waals surface area contributed by atoms with Gasteiger partial charge in [-0.15, -0.1) is 0 Å². The van der Waals surface area contributed by atoms with E-state index in [-0.39, 0.29) is 17.9 Å². The first kappa shape index (κ1) is 19.0. The minimum atomic E-state index is -0.361. The van der Waals surface area contributed by atoms with E-state index in [4.69, 9.17) is 14.7 Å². The highest BCUT2D eigenvalue weighted by atomic mass is 16.6. The third-order valence-electron chi connectivity index (χ3n) is 4.99. The van der Waals surface area contributed by atoms with Crippen LogP contribution in [0.25, 0.3) is 0 Å². The van der Waals surface area contributed by atoms with Crippen molar-refractivity contribution in [3.05, 3.63) is 23.8 Å². The molecule has 27 heavy (non-hydrogen) atoms. The van der Waals surface area contributed by atoms with Crippen LogP contribution in [0.2, 0.25) is 0 Å². The van der Waals surface area contributed by atoms with Gasteiger partial charge < -0.3 is 19.3 Å². The molecular formula is C20H25N3O4. The molecule has 1 unspecified atom stereocenters. The lowest BCUT2D eigenvalue weighted by atomic mass is 9.98. The second kappa shape index (κ2) is 8.76. The normalized spacial score (nSPS) is 19.5. The average Bonchev–Trinajstić information content (AvgIpc) is 3.23. The van der Waals surface area contributed by atoms with Gasteiger partial charge in [0.1, 0.15) is 0 Å². The summed E-state index contributed by atoms with van der Waals surface area (Å²) in [6.45, 7) is 4.89. The van der Waals surface area contributed by atoms with Crippen molar-refractivity contribution in [3.8, 4) is 17.6 Å². The van der Waals surface area contributed by atoms with Crippen LogP contribution in [-0.4, -0.2) is 54.6 Å². The molecule has 2 heterocycles. The summed E-state index contributed by atoms with van der Waals surface area (Å²) in [6.07, 6.45) is 3.57. The molecule has 0 spiro atoms. The van der Waals surface area contributed by atoms with Crippen molar-refractivity contribution in [1.82, 2.24) is 9.80 Å². The van der Waals surface area contributed by atoms with Crippen molar-refractivity contribution in [2.24, 2.45) is 5.92 Å². The maximum Gasteiger partial charge on any atom is 0.320 e. The van der Waals surface area contributed by atoms with Gasteiger partial charge in [-0.3, -0.25) is 4.79 Å². The topological polar surface area (TPSA) is 82.9 Å². The zero-order valence-corrected chi connectivity index (χ0v) is 15.6. The van der Waals surface area contributed by atoms with Crippen molar-refractivity contribution >= 4 is 12.0 Å². The lowest BCUT2D eigenvalue weighted by Gasteiger charge is -2.34. The molecule has 2 fully saturated rings. The second-order valence-corrected chi connectivity index (χ2v) is 6.89. The third-order valence-corrected chi connectivity index (χ3v) is 4.99. The quantitative estimate of drug-likeness (QED) is 0.600. The number of carbonyl (C=O) groups is 2. The first-order valence-electron chi connectivity index (χ1n) is 9.55. The smallest absolute Gasteiger partial charge is 0.320 e. The van der Waals surface area contributed by atoms with Crippen LogP contribution >= 0.6 is 0 Å².